The molecule has 1 heterocycles. The summed E-state index contributed by atoms with van der Waals surface area (Å²) in [5, 5.41) is 3.20. The molecule has 2 aromatic carbocycles. The Morgan fingerprint density at radius 3 is 2.40 bits per heavy atom. The molecule has 0 atom stereocenters. The monoisotopic (exact) mass is 472 g/mol. The summed E-state index contributed by atoms with van der Waals surface area (Å²) in [5.74, 6) is -0.0609. The van der Waals surface area contributed by atoms with Crippen LogP contribution in [0.2, 0.25) is 10.0 Å². The van der Waals surface area contributed by atoms with Gasteiger partial charge in [-0.05, 0) is 43.2 Å². The highest BCUT2D eigenvalue weighted by molar-refractivity contribution is 7.89. The van der Waals surface area contributed by atoms with Crippen molar-refractivity contribution < 1.29 is 22.7 Å². The summed E-state index contributed by atoms with van der Waals surface area (Å²) >= 11 is 12.0. The highest BCUT2D eigenvalue weighted by Crippen LogP contribution is 2.33. The number of amides is 1. The van der Waals surface area contributed by atoms with E-state index >= 15 is 0 Å². The Kier molecular flexibility index (Phi) is 7.46. The number of nitrogens with one attached hydrogen (secondary N) is 1. The molecule has 7 nitrogen and oxygen atoms in total. The predicted octanol–water partition coefficient (Wildman–Crippen LogP) is 4.19. The number of carbonyl (C=O) groups excluding carboxylic acids is 1. The summed E-state index contributed by atoms with van der Waals surface area (Å²) in [4.78, 5) is 12.3. The van der Waals surface area contributed by atoms with Gasteiger partial charge in [0, 0.05) is 18.8 Å². The van der Waals surface area contributed by atoms with Crippen LogP contribution in [0.5, 0.6) is 11.5 Å². The number of ether oxygens (including phenoxy) is 2. The van der Waals surface area contributed by atoms with Gasteiger partial charge in [-0.25, -0.2) is 8.42 Å². The Morgan fingerprint density at radius 1 is 1.10 bits per heavy atom. The van der Waals surface area contributed by atoms with Crippen molar-refractivity contribution in [1.82, 2.24) is 4.31 Å². The number of hydrogen-bond donors (Lipinski definition) is 1. The Balaban J connectivity index is 1.75. The molecule has 10 heteroatoms. The number of sulfonamides is 1. The van der Waals surface area contributed by atoms with Crippen LogP contribution in [0.4, 0.5) is 5.69 Å². The number of para-hydroxylation sites is 1. The van der Waals surface area contributed by atoms with Crippen molar-refractivity contribution in [2.75, 3.05) is 32.1 Å². The van der Waals surface area contributed by atoms with Crippen LogP contribution in [-0.4, -0.2) is 45.4 Å². The van der Waals surface area contributed by atoms with Crippen molar-refractivity contribution in [2.45, 2.75) is 24.2 Å². The number of benzene rings is 2. The molecule has 1 aliphatic rings. The van der Waals surface area contributed by atoms with Gasteiger partial charge in [0.15, 0.2) is 12.4 Å². The maximum Gasteiger partial charge on any atom is 0.262 e. The first-order valence-corrected chi connectivity index (χ1v) is 11.6. The van der Waals surface area contributed by atoms with Crippen LogP contribution >= 0.6 is 23.2 Å². The second-order valence-corrected chi connectivity index (χ2v) is 9.44. The first-order chi connectivity index (χ1) is 14.3. The molecule has 2 aromatic rings. The number of methoxy groups -OCH3 is 1. The number of nitrogens with zero attached hydrogens (tertiary/aromatic N) is 1. The third kappa shape index (κ3) is 5.18. The second kappa shape index (κ2) is 9.87. The van der Waals surface area contributed by atoms with Gasteiger partial charge in [-0.1, -0.05) is 35.7 Å². The SMILES string of the molecule is COc1ccc(NC(=O)COc2c(Cl)cccc2Cl)cc1S(=O)(=O)N1CCCCC1. The van der Waals surface area contributed by atoms with Crippen molar-refractivity contribution in [1.29, 1.82) is 0 Å². The molecule has 162 valence electrons. The number of halogens is 2. The summed E-state index contributed by atoms with van der Waals surface area (Å²) in [6, 6.07) is 9.33. The van der Waals surface area contributed by atoms with Crippen LogP contribution in [0, 0.1) is 0 Å². The number of piperidine rings is 1. The van der Waals surface area contributed by atoms with E-state index in [1.165, 1.54) is 23.5 Å². The molecule has 1 saturated heterocycles. The van der Waals surface area contributed by atoms with E-state index in [2.05, 4.69) is 5.32 Å². The van der Waals surface area contributed by atoms with E-state index in [-0.39, 0.29) is 33.0 Å². The maximum atomic E-state index is 13.1. The predicted molar refractivity (Wildman–Crippen MR) is 116 cm³/mol. The summed E-state index contributed by atoms with van der Waals surface area (Å²) in [5.41, 5.74) is 0.310. The average molecular weight is 473 g/mol. The normalized spacial score (nSPS) is 14.9. The van der Waals surface area contributed by atoms with E-state index in [1.54, 1.807) is 24.3 Å². The molecule has 0 unspecified atom stereocenters. The zero-order valence-corrected chi connectivity index (χ0v) is 18.7. The van der Waals surface area contributed by atoms with Gasteiger partial charge in [-0.2, -0.15) is 4.31 Å². The van der Waals surface area contributed by atoms with Gasteiger partial charge < -0.3 is 14.8 Å². The van der Waals surface area contributed by atoms with Crippen LogP contribution in [-0.2, 0) is 14.8 Å². The number of rotatable bonds is 7. The van der Waals surface area contributed by atoms with Gasteiger partial charge in [0.1, 0.15) is 10.6 Å². The largest absolute Gasteiger partial charge is 0.495 e. The van der Waals surface area contributed by atoms with Gasteiger partial charge in [0.2, 0.25) is 10.0 Å². The minimum atomic E-state index is -3.74. The molecule has 30 heavy (non-hydrogen) atoms. The second-order valence-electron chi connectivity index (χ2n) is 6.72. The Bertz CT molecular complexity index is 1000. The summed E-state index contributed by atoms with van der Waals surface area (Å²) in [6.07, 6.45) is 2.65. The number of carbonyl (C=O) groups is 1. The Morgan fingerprint density at radius 2 is 1.77 bits per heavy atom. The fourth-order valence-electron chi connectivity index (χ4n) is 3.16. The van der Waals surface area contributed by atoms with E-state index in [4.69, 9.17) is 32.7 Å². The summed E-state index contributed by atoms with van der Waals surface area (Å²) in [7, 11) is -2.33. The van der Waals surface area contributed by atoms with Gasteiger partial charge in [-0.15, -0.1) is 0 Å². The molecule has 0 aliphatic carbocycles. The average Bonchev–Trinajstić information content (AvgIpc) is 2.74. The number of anilines is 1. The van der Waals surface area contributed by atoms with E-state index in [0.29, 0.717) is 18.8 Å². The van der Waals surface area contributed by atoms with E-state index < -0.39 is 15.9 Å². The van der Waals surface area contributed by atoms with Crippen molar-refractivity contribution in [3.05, 3.63) is 46.4 Å². The molecule has 1 amide bonds. The molecule has 0 saturated carbocycles. The third-order valence-corrected chi connectivity index (χ3v) is 7.16. The first kappa shape index (κ1) is 22.7. The molecule has 0 spiro atoms. The van der Waals surface area contributed by atoms with Crippen LogP contribution in [0.15, 0.2) is 41.3 Å². The Labute approximate surface area is 185 Å². The molecule has 0 radical (unpaired) electrons. The maximum absolute atomic E-state index is 13.1. The van der Waals surface area contributed by atoms with Gasteiger partial charge in [-0.3, -0.25) is 4.79 Å². The highest BCUT2D eigenvalue weighted by atomic mass is 35.5. The standard InChI is InChI=1S/C20H22Cl2N2O5S/c1-28-17-9-8-14(12-18(17)30(26,27)24-10-3-2-4-11-24)23-19(25)13-29-20-15(21)6-5-7-16(20)22/h5-9,12H,2-4,10-11,13H2,1H3,(H,23,25). The van der Waals surface area contributed by atoms with Crippen LogP contribution in [0.25, 0.3) is 0 Å². The lowest BCUT2D eigenvalue weighted by atomic mass is 10.2. The van der Waals surface area contributed by atoms with Gasteiger partial charge in [0.25, 0.3) is 5.91 Å². The fourth-order valence-corrected chi connectivity index (χ4v) is 5.36. The zero-order chi connectivity index (χ0) is 21.7. The van der Waals surface area contributed by atoms with Crippen molar-refractivity contribution in [2.24, 2.45) is 0 Å². The fraction of sp³-hybridized carbons (Fsp3) is 0.350. The lowest BCUT2D eigenvalue weighted by Crippen LogP contribution is -2.35. The topological polar surface area (TPSA) is 84.9 Å². The molecule has 1 aliphatic heterocycles. The number of hydrogen-bond acceptors (Lipinski definition) is 5. The summed E-state index contributed by atoms with van der Waals surface area (Å²) in [6.45, 7) is 0.590. The lowest BCUT2D eigenvalue weighted by Gasteiger charge is -2.26. The zero-order valence-electron chi connectivity index (χ0n) is 16.4. The molecule has 1 N–H and O–H groups in total. The van der Waals surface area contributed by atoms with E-state index in [1.807, 2.05) is 0 Å². The molecular weight excluding hydrogens is 451 g/mol. The van der Waals surface area contributed by atoms with Crippen LogP contribution in [0.3, 0.4) is 0 Å². The third-order valence-electron chi connectivity index (χ3n) is 4.65. The molecule has 3 rings (SSSR count). The molecule has 0 aromatic heterocycles. The quantitative estimate of drug-likeness (QED) is 0.652. The summed E-state index contributed by atoms with van der Waals surface area (Å²) < 4.78 is 38.2. The lowest BCUT2D eigenvalue weighted by molar-refractivity contribution is -0.118. The Hall–Kier alpha value is -2.00. The first-order valence-electron chi connectivity index (χ1n) is 9.38. The van der Waals surface area contributed by atoms with Gasteiger partial charge >= 0.3 is 0 Å². The minimum absolute atomic E-state index is 0.0137. The van der Waals surface area contributed by atoms with Gasteiger partial charge in [0.05, 0.1) is 17.2 Å². The smallest absolute Gasteiger partial charge is 0.262 e. The van der Waals surface area contributed by atoms with Crippen molar-refractivity contribution >= 4 is 44.8 Å². The van der Waals surface area contributed by atoms with Crippen LogP contribution in [0.1, 0.15) is 19.3 Å². The highest BCUT2D eigenvalue weighted by Gasteiger charge is 2.29. The van der Waals surface area contributed by atoms with E-state index in [9.17, 15) is 13.2 Å². The minimum Gasteiger partial charge on any atom is -0.495 e. The van der Waals surface area contributed by atoms with E-state index in [0.717, 1.165) is 19.3 Å². The molecule has 0 bridgehead atoms. The molecular formula is C20H22Cl2N2O5S. The molecule has 1 fully saturated rings. The van der Waals surface area contributed by atoms with Crippen molar-refractivity contribution in [3.63, 3.8) is 0 Å². The van der Waals surface area contributed by atoms with Crippen molar-refractivity contribution in [3.8, 4) is 11.5 Å². The van der Waals surface area contributed by atoms with Crippen LogP contribution < -0.4 is 14.8 Å².